The molecule has 1 amide bonds. The summed E-state index contributed by atoms with van der Waals surface area (Å²) in [6.07, 6.45) is -3.19. The normalized spacial score (nSPS) is 13.4. The molecule has 0 aliphatic carbocycles. The molecule has 0 fully saturated rings. The van der Waals surface area contributed by atoms with Gasteiger partial charge in [0, 0.05) is 18.2 Å². The Kier molecular flexibility index (Phi) is 5.59. The van der Waals surface area contributed by atoms with Gasteiger partial charge in [-0.15, -0.1) is 10.2 Å². The zero-order valence-corrected chi connectivity index (χ0v) is 19.1. The Labute approximate surface area is 202 Å². The Morgan fingerprint density at radius 3 is 2.50 bits per heavy atom. The van der Waals surface area contributed by atoms with Crippen LogP contribution in [0.15, 0.2) is 48.8 Å². The topological polar surface area (TPSA) is 84.1 Å². The Balaban J connectivity index is 1.55. The number of rotatable bonds is 4. The molecule has 0 saturated heterocycles. The first-order valence-corrected chi connectivity index (χ1v) is 10.9. The quantitative estimate of drug-likeness (QED) is 0.415. The molecule has 36 heavy (non-hydrogen) atoms. The highest BCUT2D eigenvalue weighted by molar-refractivity contribution is 6.10. The number of aryl methyl sites for hydroxylation is 2. The number of nitrogens with zero attached hydrogens (tertiary/aromatic N) is 5. The maximum atomic E-state index is 14.1. The number of carbonyl (C=O) groups is 1. The van der Waals surface area contributed by atoms with Crippen molar-refractivity contribution in [3.63, 3.8) is 0 Å². The maximum absolute atomic E-state index is 14.1. The number of aliphatic hydroxyl groups is 1. The van der Waals surface area contributed by atoms with Crippen LogP contribution in [0, 0.1) is 12.7 Å². The van der Waals surface area contributed by atoms with Gasteiger partial charge in [-0.25, -0.2) is 9.37 Å². The maximum Gasteiger partial charge on any atom is 0.418 e. The van der Waals surface area contributed by atoms with Gasteiger partial charge in [0.25, 0.3) is 5.91 Å². The van der Waals surface area contributed by atoms with Gasteiger partial charge in [-0.05, 0) is 53.4 Å². The molecule has 1 aliphatic rings. The molecular formula is C25H19F4N5O2. The van der Waals surface area contributed by atoms with E-state index in [0.29, 0.717) is 33.6 Å². The number of carbonyl (C=O) groups excluding carboxylic acids is 1. The average Bonchev–Trinajstić information content (AvgIpc) is 3.40. The van der Waals surface area contributed by atoms with Gasteiger partial charge in [-0.3, -0.25) is 9.69 Å². The number of fused-ring (bicyclic) bond motifs is 1. The van der Waals surface area contributed by atoms with Crippen molar-refractivity contribution in [3.8, 4) is 22.5 Å². The SMILES string of the molecule is Cc1nc(N2Cc3ccc(-c4ccc(F)cc4-c4nncn4C)cc3C2=O)cc(CO)c1C(F)(F)F. The van der Waals surface area contributed by atoms with E-state index in [2.05, 4.69) is 15.2 Å². The highest BCUT2D eigenvalue weighted by atomic mass is 19.4. The van der Waals surface area contributed by atoms with E-state index in [4.69, 9.17) is 0 Å². The molecular weight excluding hydrogens is 478 g/mol. The lowest BCUT2D eigenvalue weighted by molar-refractivity contribution is -0.139. The number of anilines is 1. The first-order valence-electron chi connectivity index (χ1n) is 10.9. The summed E-state index contributed by atoms with van der Waals surface area (Å²) in [7, 11) is 1.73. The number of aromatic nitrogens is 4. The molecule has 0 unspecified atom stereocenters. The van der Waals surface area contributed by atoms with Crippen molar-refractivity contribution >= 4 is 11.7 Å². The van der Waals surface area contributed by atoms with Gasteiger partial charge in [0.1, 0.15) is 18.0 Å². The number of amides is 1. The third-order valence-electron chi connectivity index (χ3n) is 6.16. The molecule has 0 atom stereocenters. The lowest BCUT2D eigenvalue weighted by Gasteiger charge is -2.20. The number of benzene rings is 2. The van der Waals surface area contributed by atoms with Crippen LogP contribution in [0.2, 0.25) is 0 Å². The van der Waals surface area contributed by atoms with Crippen LogP contribution < -0.4 is 4.90 Å². The summed E-state index contributed by atoms with van der Waals surface area (Å²) in [5, 5.41) is 17.5. The summed E-state index contributed by atoms with van der Waals surface area (Å²) in [6.45, 7) is 0.455. The molecule has 0 radical (unpaired) electrons. The minimum absolute atomic E-state index is 0.0221. The molecule has 4 aromatic rings. The molecule has 5 rings (SSSR count). The first-order chi connectivity index (χ1) is 17.1. The van der Waals surface area contributed by atoms with E-state index in [1.54, 1.807) is 35.9 Å². The third-order valence-corrected chi connectivity index (χ3v) is 6.16. The zero-order valence-electron chi connectivity index (χ0n) is 19.1. The first kappa shape index (κ1) is 23.6. The van der Waals surface area contributed by atoms with Crippen LogP contribution in [0.5, 0.6) is 0 Å². The highest BCUT2D eigenvalue weighted by Gasteiger charge is 2.38. The number of halogens is 4. The second-order valence-corrected chi connectivity index (χ2v) is 8.47. The summed E-state index contributed by atoms with van der Waals surface area (Å²) < 4.78 is 56.0. The lowest BCUT2D eigenvalue weighted by Crippen LogP contribution is -2.25. The molecule has 0 spiro atoms. The van der Waals surface area contributed by atoms with Gasteiger partial charge >= 0.3 is 6.18 Å². The van der Waals surface area contributed by atoms with Gasteiger partial charge in [0.15, 0.2) is 5.82 Å². The molecule has 7 nitrogen and oxygen atoms in total. The molecule has 11 heteroatoms. The second kappa shape index (κ2) is 8.52. The second-order valence-electron chi connectivity index (χ2n) is 8.47. The Bertz CT molecular complexity index is 1510. The van der Waals surface area contributed by atoms with E-state index in [0.717, 1.165) is 6.07 Å². The minimum atomic E-state index is -4.68. The van der Waals surface area contributed by atoms with Crippen molar-refractivity contribution in [2.45, 2.75) is 26.3 Å². The van der Waals surface area contributed by atoms with Gasteiger partial charge in [0.2, 0.25) is 0 Å². The predicted octanol–water partition coefficient (Wildman–Crippen LogP) is 4.66. The van der Waals surface area contributed by atoms with Crippen molar-refractivity contribution in [3.05, 3.63) is 82.6 Å². The van der Waals surface area contributed by atoms with E-state index >= 15 is 0 Å². The van der Waals surface area contributed by atoms with Crippen LogP contribution >= 0.6 is 0 Å². The van der Waals surface area contributed by atoms with E-state index in [1.165, 1.54) is 30.3 Å². The van der Waals surface area contributed by atoms with Crippen LogP contribution in [0.3, 0.4) is 0 Å². The lowest BCUT2D eigenvalue weighted by atomic mass is 9.96. The summed E-state index contributed by atoms with van der Waals surface area (Å²) in [4.78, 5) is 18.6. The summed E-state index contributed by atoms with van der Waals surface area (Å²) in [5.74, 6) is -0.430. The third kappa shape index (κ3) is 3.91. The fourth-order valence-corrected chi connectivity index (χ4v) is 4.50. The van der Waals surface area contributed by atoms with Crippen LogP contribution in [0.25, 0.3) is 22.5 Å². The van der Waals surface area contributed by atoms with Gasteiger partial charge < -0.3 is 9.67 Å². The van der Waals surface area contributed by atoms with Gasteiger partial charge in [-0.1, -0.05) is 18.2 Å². The Morgan fingerprint density at radius 2 is 1.83 bits per heavy atom. The van der Waals surface area contributed by atoms with Crippen molar-refractivity contribution in [1.82, 2.24) is 19.7 Å². The van der Waals surface area contributed by atoms with Gasteiger partial charge in [-0.2, -0.15) is 13.2 Å². The molecule has 2 aromatic heterocycles. The molecule has 1 N–H and O–H groups in total. The monoisotopic (exact) mass is 497 g/mol. The van der Waals surface area contributed by atoms with Crippen molar-refractivity contribution in [2.75, 3.05) is 4.90 Å². The van der Waals surface area contributed by atoms with Crippen molar-refractivity contribution in [2.24, 2.45) is 7.05 Å². The summed E-state index contributed by atoms with van der Waals surface area (Å²) >= 11 is 0. The molecule has 184 valence electrons. The van der Waals surface area contributed by atoms with Crippen molar-refractivity contribution < 1.29 is 27.5 Å². The van der Waals surface area contributed by atoms with Crippen LogP contribution in [-0.4, -0.2) is 30.8 Å². The Morgan fingerprint density at radius 1 is 1.06 bits per heavy atom. The molecule has 3 heterocycles. The van der Waals surface area contributed by atoms with Crippen LogP contribution in [0.1, 0.15) is 32.7 Å². The standard InChI is InChI=1S/C25H19F4N5O2/c1-13-22(25(27,28)29)16(11-35)8-21(31-13)34-10-15-4-3-14(7-19(15)24(34)36)18-6-5-17(26)9-20(18)23-32-30-12-33(23)2/h3-9,12,35H,10-11H2,1-2H3. The molecule has 1 aliphatic heterocycles. The van der Waals surface area contributed by atoms with E-state index in [-0.39, 0.29) is 23.6 Å². The largest absolute Gasteiger partial charge is 0.418 e. The summed E-state index contributed by atoms with van der Waals surface area (Å²) in [6, 6.07) is 10.5. The summed E-state index contributed by atoms with van der Waals surface area (Å²) in [5.41, 5.74) is 1.09. The van der Waals surface area contributed by atoms with Crippen LogP contribution in [0.4, 0.5) is 23.4 Å². The molecule has 0 bridgehead atoms. The molecule has 2 aromatic carbocycles. The smallest absolute Gasteiger partial charge is 0.392 e. The zero-order chi connectivity index (χ0) is 25.8. The number of aliphatic hydroxyl groups excluding tert-OH is 1. The van der Waals surface area contributed by atoms with Crippen LogP contribution in [-0.2, 0) is 26.4 Å². The number of hydrogen-bond donors (Lipinski definition) is 1. The van der Waals surface area contributed by atoms with Gasteiger partial charge in [0.05, 0.1) is 24.4 Å². The number of hydrogen-bond acceptors (Lipinski definition) is 5. The van der Waals surface area contributed by atoms with E-state index in [1.807, 2.05) is 0 Å². The predicted molar refractivity (Wildman–Crippen MR) is 122 cm³/mol. The number of alkyl halides is 3. The number of pyridine rings is 1. The fraction of sp³-hybridized carbons (Fsp3) is 0.200. The Hall–Kier alpha value is -4.12. The van der Waals surface area contributed by atoms with E-state index < -0.39 is 30.1 Å². The van der Waals surface area contributed by atoms with E-state index in [9.17, 15) is 27.5 Å². The minimum Gasteiger partial charge on any atom is -0.392 e. The fourth-order valence-electron chi connectivity index (χ4n) is 4.50. The highest BCUT2D eigenvalue weighted by Crippen LogP contribution is 2.38. The molecule has 0 saturated carbocycles. The van der Waals surface area contributed by atoms with Crippen molar-refractivity contribution in [1.29, 1.82) is 0 Å². The average molecular weight is 497 g/mol.